The lowest BCUT2D eigenvalue weighted by atomic mass is 9.79. The number of likely N-dealkylation sites (tertiary alicyclic amines) is 1. The van der Waals surface area contributed by atoms with Crippen LogP contribution in [0.4, 0.5) is 0 Å². The molecule has 2 atom stereocenters. The molecule has 1 amide bonds. The molecule has 2 aromatic rings. The van der Waals surface area contributed by atoms with Gasteiger partial charge in [-0.1, -0.05) is 60.7 Å². The van der Waals surface area contributed by atoms with Crippen molar-refractivity contribution in [2.45, 2.75) is 25.3 Å². The van der Waals surface area contributed by atoms with Gasteiger partial charge in [0.25, 0.3) is 0 Å². The van der Waals surface area contributed by atoms with E-state index in [1.54, 1.807) is 4.90 Å². The average Bonchev–Trinajstić information content (AvgIpc) is 2.67. The highest BCUT2D eigenvalue weighted by Gasteiger charge is 2.47. The summed E-state index contributed by atoms with van der Waals surface area (Å²) < 4.78 is 4.73. The van der Waals surface area contributed by atoms with Gasteiger partial charge in [0.2, 0.25) is 5.91 Å². The van der Waals surface area contributed by atoms with Crippen LogP contribution >= 0.6 is 0 Å². The molecule has 0 aliphatic carbocycles. The van der Waals surface area contributed by atoms with Gasteiger partial charge in [-0.2, -0.15) is 0 Å². The van der Waals surface area contributed by atoms with E-state index < -0.39 is 0 Å². The second-order valence-corrected chi connectivity index (χ2v) is 6.38. The number of rotatable bonds is 7. The third kappa shape index (κ3) is 3.90. The van der Waals surface area contributed by atoms with Gasteiger partial charge in [-0.15, -0.1) is 0 Å². The van der Waals surface area contributed by atoms with E-state index >= 15 is 0 Å². The third-order valence-electron chi connectivity index (χ3n) is 4.81. The number of aryl methyl sites for hydroxylation is 1. The number of methoxy groups -OCH3 is 1. The Morgan fingerprint density at radius 2 is 1.68 bits per heavy atom. The van der Waals surface area contributed by atoms with Crippen molar-refractivity contribution in [3.05, 3.63) is 71.8 Å². The highest BCUT2D eigenvalue weighted by Crippen LogP contribution is 2.42. The van der Waals surface area contributed by atoms with Crippen LogP contribution in [-0.2, 0) is 20.7 Å². The molecule has 0 saturated carbocycles. The first-order chi connectivity index (χ1) is 12.2. The Balaban J connectivity index is 1.67. The molecule has 4 nitrogen and oxygen atoms in total. The summed E-state index contributed by atoms with van der Waals surface area (Å²) >= 11 is 0. The largest absolute Gasteiger partial charge is 0.468 e. The molecule has 0 unspecified atom stereocenters. The standard InChI is InChI=1S/C21H23NO3/c1-25-19(23)15-22-20(17-12-6-3-7-13-17)18(21(22)24)14-8-11-16-9-4-2-5-10-16/h2-7,9-10,12-13,18,20H,8,11,14-15H2,1H3/t18-,20-/m1/s1. The van der Waals surface area contributed by atoms with Crippen molar-refractivity contribution in [3.8, 4) is 0 Å². The summed E-state index contributed by atoms with van der Waals surface area (Å²) in [7, 11) is 1.35. The van der Waals surface area contributed by atoms with Gasteiger partial charge in [0.1, 0.15) is 6.54 Å². The van der Waals surface area contributed by atoms with Crippen LogP contribution in [0.5, 0.6) is 0 Å². The molecule has 1 heterocycles. The maximum Gasteiger partial charge on any atom is 0.325 e. The van der Waals surface area contributed by atoms with E-state index in [-0.39, 0.29) is 30.4 Å². The molecule has 3 rings (SSSR count). The summed E-state index contributed by atoms with van der Waals surface area (Å²) in [5.41, 5.74) is 2.37. The van der Waals surface area contributed by atoms with Crippen molar-refractivity contribution >= 4 is 11.9 Å². The van der Waals surface area contributed by atoms with Crippen LogP contribution in [0.3, 0.4) is 0 Å². The molecular weight excluding hydrogens is 314 g/mol. The van der Waals surface area contributed by atoms with E-state index in [0.717, 1.165) is 24.8 Å². The lowest BCUT2D eigenvalue weighted by molar-refractivity contribution is -0.165. The van der Waals surface area contributed by atoms with E-state index in [1.165, 1.54) is 12.7 Å². The second kappa shape index (κ2) is 7.97. The molecule has 0 radical (unpaired) electrons. The molecular formula is C21H23NO3. The molecule has 25 heavy (non-hydrogen) atoms. The zero-order valence-corrected chi connectivity index (χ0v) is 14.4. The topological polar surface area (TPSA) is 46.6 Å². The lowest BCUT2D eigenvalue weighted by Gasteiger charge is -2.47. The van der Waals surface area contributed by atoms with Gasteiger partial charge in [-0.05, 0) is 30.4 Å². The minimum absolute atomic E-state index is 0.0179. The predicted molar refractivity (Wildman–Crippen MR) is 95.8 cm³/mol. The number of carbonyl (C=O) groups is 2. The molecule has 4 heteroatoms. The number of β-lactam (4-membered cyclic amide) rings is 1. The maximum atomic E-state index is 12.6. The van der Waals surface area contributed by atoms with E-state index in [9.17, 15) is 9.59 Å². The molecule has 1 aliphatic rings. The molecule has 1 saturated heterocycles. The van der Waals surface area contributed by atoms with Crippen molar-refractivity contribution in [2.75, 3.05) is 13.7 Å². The number of carbonyl (C=O) groups excluding carboxylic acids is 2. The average molecular weight is 337 g/mol. The number of hydrogen-bond acceptors (Lipinski definition) is 3. The van der Waals surface area contributed by atoms with Crippen LogP contribution in [0.1, 0.15) is 30.0 Å². The molecule has 1 fully saturated rings. The monoisotopic (exact) mass is 337 g/mol. The van der Waals surface area contributed by atoms with Crippen molar-refractivity contribution in [1.82, 2.24) is 4.90 Å². The summed E-state index contributed by atoms with van der Waals surface area (Å²) in [4.78, 5) is 25.8. The summed E-state index contributed by atoms with van der Waals surface area (Å²) in [5.74, 6) is -0.389. The highest BCUT2D eigenvalue weighted by atomic mass is 16.5. The first kappa shape index (κ1) is 17.2. The number of amides is 1. The minimum Gasteiger partial charge on any atom is -0.468 e. The number of hydrogen-bond donors (Lipinski definition) is 0. The summed E-state index contributed by atoms with van der Waals surface area (Å²) in [6.07, 6.45) is 2.74. The zero-order valence-electron chi connectivity index (χ0n) is 14.4. The van der Waals surface area contributed by atoms with Crippen LogP contribution in [0.2, 0.25) is 0 Å². The molecule has 0 spiro atoms. The quantitative estimate of drug-likeness (QED) is 0.575. The third-order valence-corrected chi connectivity index (χ3v) is 4.81. The molecule has 130 valence electrons. The van der Waals surface area contributed by atoms with Crippen molar-refractivity contribution in [2.24, 2.45) is 5.92 Å². The summed E-state index contributed by atoms with van der Waals surface area (Å²) in [5, 5.41) is 0. The Hall–Kier alpha value is -2.62. The number of nitrogens with zero attached hydrogens (tertiary/aromatic N) is 1. The van der Waals surface area contributed by atoms with Crippen molar-refractivity contribution in [3.63, 3.8) is 0 Å². The first-order valence-electron chi connectivity index (χ1n) is 8.67. The summed E-state index contributed by atoms with van der Waals surface area (Å²) in [6.45, 7) is 0.0179. The normalized spacial score (nSPS) is 19.4. The van der Waals surface area contributed by atoms with Gasteiger partial charge in [-0.25, -0.2) is 0 Å². The first-order valence-corrected chi connectivity index (χ1v) is 8.67. The number of ether oxygens (including phenoxy) is 1. The highest BCUT2D eigenvalue weighted by molar-refractivity contribution is 5.90. The molecule has 0 N–H and O–H groups in total. The maximum absolute atomic E-state index is 12.6. The second-order valence-electron chi connectivity index (χ2n) is 6.38. The van der Waals surface area contributed by atoms with Crippen LogP contribution in [0.25, 0.3) is 0 Å². The van der Waals surface area contributed by atoms with Crippen molar-refractivity contribution < 1.29 is 14.3 Å². The van der Waals surface area contributed by atoms with Gasteiger partial charge < -0.3 is 9.64 Å². The van der Waals surface area contributed by atoms with E-state index in [0.29, 0.717) is 0 Å². The molecule has 2 aromatic carbocycles. The minimum atomic E-state index is -0.378. The van der Waals surface area contributed by atoms with Gasteiger partial charge in [0.05, 0.1) is 19.1 Å². The van der Waals surface area contributed by atoms with E-state index in [2.05, 4.69) is 12.1 Å². The summed E-state index contributed by atoms with van der Waals surface area (Å²) in [6, 6.07) is 20.2. The Morgan fingerprint density at radius 1 is 1.04 bits per heavy atom. The zero-order chi connectivity index (χ0) is 17.6. The van der Waals surface area contributed by atoms with E-state index in [4.69, 9.17) is 4.74 Å². The number of benzene rings is 2. The van der Waals surface area contributed by atoms with Crippen LogP contribution in [-0.4, -0.2) is 30.4 Å². The fraction of sp³-hybridized carbons (Fsp3) is 0.333. The van der Waals surface area contributed by atoms with Gasteiger partial charge in [0.15, 0.2) is 0 Å². The smallest absolute Gasteiger partial charge is 0.325 e. The van der Waals surface area contributed by atoms with Crippen LogP contribution in [0.15, 0.2) is 60.7 Å². The SMILES string of the molecule is COC(=O)CN1C(=O)[C@H](CCCc2ccccc2)[C@H]1c1ccccc1. The number of esters is 1. The Kier molecular flexibility index (Phi) is 5.49. The van der Waals surface area contributed by atoms with Gasteiger partial charge >= 0.3 is 5.97 Å². The van der Waals surface area contributed by atoms with Gasteiger partial charge in [0, 0.05) is 0 Å². The fourth-order valence-corrected chi connectivity index (χ4v) is 3.51. The Morgan fingerprint density at radius 3 is 2.32 bits per heavy atom. The van der Waals surface area contributed by atoms with Gasteiger partial charge in [-0.3, -0.25) is 9.59 Å². The molecule has 0 aromatic heterocycles. The Labute approximate surface area is 148 Å². The van der Waals surface area contributed by atoms with Crippen LogP contribution < -0.4 is 0 Å². The molecule has 0 bridgehead atoms. The van der Waals surface area contributed by atoms with Crippen molar-refractivity contribution in [1.29, 1.82) is 0 Å². The lowest BCUT2D eigenvalue weighted by Crippen LogP contribution is -2.56. The predicted octanol–water partition coefficient (Wildman–Crippen LogP) is 3.38. The fourth-order valence-electron chi connectivity index (χ4n) is 3.51. The Bertz CT molecular complexity index is 714. The van der Waals surface area contributed by atoms with Crippen LogP contribution in [0, 0.1) is 5.92 Å². The molecule has 1 aliphatic heterocycles. The van der Waals surface area contributed by atoms with E-state index in [1.807, 2.05) is 48.5 Å².